The predicted molar refractivity (Wildman–Crippen MR) is 227 cm³/mol. The molecule has 0 bridgehead atoms. The van der Waals surface area contributed by atoms with Crippen LogP contribution in [0.5, 0.6) is 0 Å². The first kappa shape index (κ1) is 51.3. The van der Waals surface area contributed by atoms with E-state index >= 15 is 0 Å². The van der Waals surface area contributed by atoms with Crippen molar-refractivity contribution >= 4 is 11.9 Å². The molecule has 0 spiro atoms. The molecule has 0 saturated carbocycles. The fourth-order valence-corrected chi connectivity index (χ4v) is 6.86. The number of unbranched alkanes of at least 4 members (excludes halogenated alkanes) is 29. The van der Waals surface area contributed by atoms with Gasteiger partial charge in [0.15, 0.2) is 0 Å². The van der Waals surface area contributed by atoms with Crippen molar-refractivity contribution in [2.75, 3.05) is 13.2 Å². The number of aliphatic hydroxyl groups is 2. The van der Waals surface area contributed by atoms with Gasteiger partial charge in [0.1, 0.15) is 0 Å². The van der Waals surface area contributed by atoms with Crippen LogP contribution in [-0.4, -0.2) is 47.4 Å². The lowest BCUT2D eigenvalue weighted by molar-refractivity contribution is -0.143. The van der Waals surface area contributed by atoms with E-state index in [0.717, 1.165) is 77.0 Å². The molecule has 0 aliphatic heterocycles. The summed E-state index contributed by atoms with van der Waals surface area (Å²) in [5.74, 6) is -0.142. The van der Waals surface area contributed by atoms with E-state index in [-0.39, 0.29) is 18.5 Å². The van der Waals surface area contributed by atoms with Gasteiger partial charge in [0.2, 0.25) is 5.91 Å². The first-order chi connectivity index (χ1) is 26.0. The lowest BCUT2D eigenvalue weighted by atomic mass is 10.0. The van der Waals surface area contributed by atoms with Gasteiger partial charge in [-0.15, -0.1) is 0 Å². The minimum atomic E-state index is -0.863. The minimum absolute atomic E-state index is 0.0362. The summed E-state index contributed by atoms with van der Waals surface area (Å²) in [6.07, 6.45) is 48.9. The van der Waals surface area contributed by atoms with E-state index in [1.807, 2.05) is 6.08 Å². The molecule has 3 N–H and O–H groups in total. The Bertz CT molecular complexity index is 828. The summed E-state index contributed by atoms with van der Waals surface area (Å²) in [4.78, 5) is 24.4. The zero-order valence-electron chi connectivity index (χ0n) is 35.2. The third kappa shape index (κ3) is 39.8. The highest BCUT2D eigenvalue weighted by Gasteiger charge is 2.18. The number of aliphatic hydroxyl groups excluding tert-OH is 2. The van der Waals surface area contributed by atoms with E-state index in [9.17, 15) is 19.8 Å². The molecule has 0 aromatic rings. The van der Waals surface area contributed by atoms with Gasteiger partial charge >= 0.3 is 5.97 Å². The summed E-state index contributed by atoms with van der Waals surface area (Å²) >= 11 is 0. The summed E-state index contributed by atoms with van der Waals surface area (Å²) in [6.45, 7) is 4.78. The number of nitrogens with one attached hydrogen (secondary N) is 1. The number of allylic oxidation sites excluding steroid dienone is 3. The van der Waals surface area contributed by atoms with Gasteiger partial charge < -0.3 is 20.3 Å². The maximum Gasteiger partial charge on any atom is 0.305 e. The predicted octanol–water partition coefficient (Wildman–Crippen LogP) is 13.2. The molecular weight excluding hydrogens is 659 g/mol. The second-order valence-corrected chi connectivity index (χ2v) is 15.7. The number of amides is 1. The second kappa shape index (κ2) is 43.1. The van der Waals surface area contributed by atoms with Gasteiger partial charge in [-0.05, 0) is 57.8 Å². The number of carbonyl (C=O) groups is 2. The molecular formula is C47H89NO5. The van der Waals surface area contributed by atoms with Gasteiger partial charge in [0, 0.05) is 12.8 Å². The minimum Gasteiger partial charge on any atom is -0.466 e. The van der Waals surface area contributed by atoms with E-state index in [0.29, 0.717) is 19.4 Å². The molecule has 1 amide bonds. The Morgan fingerprint density at radius 2 is 0.887 bits per heavy atom. The van der Waals surface area contributed by atoms with E-state index in [1.54, 1.807) is 6.08 Å². The molecule has 0 aliphatic carbocycles. The smallest absolute Gasteiger partial charge is 0.305 e. The Hall–Kier alpha value is -1.66. The maximum absolute atomic E-state index is 12.3. The highest BCUT2D eigenvalue weighted by Crippen LogP contribution is 2.15. The van der Waals surface area contributed by atoms with Crippen molar-refractivity contribution in [3.63, 3.8) is 0 Å². The first-order valence-electron chi connectivity index (χ1n) is 23.1. The molecule has 0 aromatic heterocycles. The zero-order chi connectivity index (χ0) is 38.7. The first-order valence-corrected chi connectivity index (χ1v) is 23.1. The van der Waals surface area contributed by atoms with Crippen molar-refractivity contribution in [3.8, 4) is 0 Å². The van der Waals surface area contributed by atoms with E-state index in [1.165, 1.54) is 135 Å². The number of ether oxygens (including phenoxy) is 1. The second-order valence-electron chi connectivity index (χ2n) is 15.7. The molecule has 0 rings (SSSR count). The van der Waals surface area contributed by atoms with Crippen LogP contribution in [-0.2, 0) is 14.3 Å². The summed E-state index contributed by atoms with van der Waals surface area (Å²) in [5, 5.41) is 22.9. The third-order valence-corrected chi connectivity index (χ3v) is 10.5. The summed E-state index contributed by atoms with van der Waals surface area (Å²) in [7, 11) is 0. The van der Waals surface area contributed by atoms with Gasteiger partial charge in [-0.2, -0.15) is 0 Å². The Balaban J connectivity index is 3.53. The topological polar surface area (TPSA) is 95.9 Å². The SMILES string of the molecule is CCCCCCCCCC/C=C/C(O)C(CO)NC(=O)CCCCCC/C=C\CCCCOC(=O)CCCCCCCCCCCCCCCCCC. The van der Waals surface area contributed by atoms with Gasteiger partial charge in [0.25, 0.3) is 0 Å². The molecule has 53 heavy (non-hydrogen) atoms. The van der Waals surface area contributed by atoms with Crippen molar-refractivity contribution in [2.24, 2.45) is 0 Å². The molecule has 312 valence electrons. The largest absolute Gasteiger partial charge is 0.466 e. The van der Waals surface area contributed by atoms with Gasteiger partial charge in [-0.3, -0.25) is 9.59 Å². The number of hydrogen-bond donors (Lipinski definition) is 3. The summed E-state index contributed by atoms with van der Waals surface area (Å²) < 4.78 is 5.43. The monoisotopic (exact) mass is 748 g/mol. The molecule has 6 heteroatoms. The zero-order valence-corrected chi connectivity index (χ0v) is 35.2. The normalized spacial score (nSPS) is 12.9. The summed E-state index contributed by atoms with van der Waals surface area (Å²) in [5.41, 5.74) is 0. The Labute approximate surface area is 329 Å². The van der Waals surface area contributed by atoms with Gasteiger partial charge in [-0.1, -0.05) is 192 Å². The highest BCUT2D eigenvalue weighted by molar-refractivity contribution is 5.76. The van der Waals surface area contributed by atoms with Crippen LogP contribution >= 0.6 is 0 Å². The molecule has 0 radical (unpaired) electrons. The quantitative estimate of drug-likeness (QED) is 0.0328. The molecule has 0 saturated heterocycles. The van der Waals surface area contributed by atoms with Gasteiger partial charge in [0.05, 0.1) is 25.4 Å². The Morgan fingerprint density at radius 1 is 0.509 bits per heavy atom. The van der Waals surface area contributed by atoms with E-state index in [4.69, 9.17) is 4.74 Å². The van der Waals surface area contributed by atoms with Gasteiger partial charge in [-0.25, -0.2) is 0 Å². The van der Waals surface area contributed by atoms with Crippen molar-refractivity contribution in [1.82, 2.24) is 5.32 Å². The molecule has 2 unspecified atom stereocenters. The average molecular weight is 748 g/mol. The highest BCUT2D eigenvalue weighted by atomic mass is 16.5. The Morgan fingerprint density at radius 3 is 1.34 bits per heavy atom. The molecule has 0 fully saturated rings. The van der Waals surface area contributed by atoms with Crippen LogP contribution in [0.4, 0.5) is 0 Å². The fraction of sp³-hybridized carbons (Fsp3) is 0.872. The molecule has 0 heterocycles. The van der Waals surface area contributed by atoms with Crippen LogP contribution in [0.3, 0.4) is 0 Å². The number of rotatable bonds is 42. The lowest BCUT2D eigenvalue weighted by Gasteiger charge is -2.20. The van der Waals surface area contributed by atoms with E-state index < -0.39 is 12.1 Å². The number of carbonyl (C=O) groups excluding carboxylic acids is 2. The van der Waals surface area contributed by atoms with Crippen LogP contribution in [0.2, 0.25) is 0 Å². The van der Waals surface area contributed by atoms with Crippen LogP contribution in [0.25, 0.3) is 0 Å². The third-order valence-electron chi connectivity index (χ3n) is 10.5. The van der Waals surface area contributed by atoms with Crippen molar-refractivity contribution < 1.29 is 24.5 Å². The van der Waals surface area contributed by atoms with Crippen LogP contribution < -0.4 is 5.32 Å². The van der Waals surface area contributed by atoms with Crippen molar-refractivity contribution in [3.05, 3.63) is 24.3 Å². The molecule has 2 atom stereocenters. The average Bonchev–Trinajstić information content (AvgIpc) is 3.16. The van der Waals surface area contributed by atoms with Crippen molar-refractivity contribution in [1.29, 1.82) is 0 Å². The van der Waals surface area contributed by atoms with Crippen LogP contribution in [0.15, 0.2) is 24.3 Å². The maximum atomic E-state index is 12.3. The standard InChI is InChI=1S/C47H89NO5/c1-3-5-7-9-11-13-15-16-17-18-19-20-25-29-33-37-41-47(52)53-42-38-34-30-26-22-21-24-28-32-36-40-46(51)48-44(43-49)45(50)39-35-31-27-23-14-12-10-8-6-4-2/h22,26,35,39,44-45,49-50H,3-21,23-25,27-34,36-38,40-43H2,1-2H3,(H,48,51)/b26-22-,39-35+. The fourth-order valence-electron chi connectivity index (χ4n) is 6.86. The van der Waals surface area contributed by atoms with Crippen LogP contribution in [0.1, 0.15) is 239 Å². The molecule has 0 aromatic carbocycles. The summed E-state index contributed by atoms with van der Waals surface area (Å²) in [6, 6.07) is -0.650. The number of hydrogen-bond acceptors (Lipinski definition) is 5. The lowest BCUT2D eigenvalue weighted by Crippen LogP contribution is -2.45. The number of esters is 1. The van der Waals surface area contributed by atoms with E-state index in [2.05, 4.69) is 31.3 Å². The Kier molecular flexibility index (Phi) is 41.7. The molecule has 0 aliphatic rings. The molecule has 6 nitrogen and oxygen atoms in total. The van der Waals surface area contributed by atoms with Crippen LogP contribution in [0, 0.1) is 0 Å². The van der Waals surface area contributed by atoms with Crippen molar-refractivity contribution in [2.45, 2.75) is 251 Å².